The van der Waals surface area contributed by atoms with Crippen LogP contribution in [0.4, 0.5) is 9.59 Å². The van der Waals surface area contributed by atoms with Gasteiger partial charge >= 0.3 is 22.5 Å². The molecule has 2 aliphatic rings. The van der Waals surface area contributed by atoms with Crippen molar-refractivity contribution in [2.45, 2.75) is 12.1 Å². The minimum Gasteiger partial charge on any atom is -0.323 e. The van der Waals surface area contributed by atoms with E-state index in [1.807, 2.05) is 0 Å². The summed E-state index contributed by atoms with van der Waals surface area (Å²) >= 11 is 0. The van der Waals surface area contributed by atoms with Crippen LogP contribution in [0.15, 0.2) is 11.2 Å². The van der Waals surface area contributed by atoms with Crippen LogP contribution in [-0.2, 0) is 26.6 Å². The number of aromatic nitrogens is 2. The summed E-state index contributed by atoms with van der Waals surface area (Å²) < 4.78 is 37.3. The van der Waals surface area contributed by atoms with Gasteiger partial charge in [0.25, 0.3) is 0 Å². The van der Waals surface area contributed by atoms with Gasteiger partial charge in [0.05, 0.1) is 18.4 Å². The lowest BCUT2D eigenvalue weighted by Gasteiger charge is -2.31. The van der Waals surface area contributed by atoms with E-state index in [4.69, 9.17) is 9.39 Å². The maximum atomic E-state index is 12.7. The van der Waals surface area contributed by atoms with Gasteiger partial charge in [-0.25, -0.2) is 15.1 Å². The van der Waals surface area contributed by atoms with Crippen molar-refractivity contribution < 1.29 is 31.7 Å². The van der Waals surface area contributed by atoms with Crippen LogP contribution >= 0.6 is 0 Å². The number of aliphatic imine (C=N–C) groups is 1. The molecule has 0 unspecified atom stereocenters. The topological polar surface area (TPSA) is 159 Å². The van der Waals surface area contributed by atoms with Crippen LogP contribution < -0.4 is 5.48 Å². The van der Waals surface area contributed by atoms with Crippen molar-refractivity contribution in [3.05, 3.63) is 17.5 Å². The number of carbonyl (C=O) groups is 2. The van der Waals surface area contributed by atoms with E-state index in [0.717, 1.165) is 0 Å². The Labute approximate surface area is 160 Å². The molecule has 2 aliphatic heterocycles. The number of nitrogens with zero attached hydrogens (tertiary/aromatic N) is 6. The largest absolute Gasteiger partial charge is 0.433 e. The van der Waals surface area contributed by atoms with Gasteiger partial charge in [-0.3, -0.25) is 14.2 Å². The van der Waals surface area contributed by atoms with E-state index < -0.39 is 34.6 Å². The lowest BCUT2D eigenvalue weighted by molar-refractivity contribution is -0.0316. The summed E-state index contributed by atoms with van der Waals surface area (Å²) in [4.78, 5) is 35.9. The molecule has 14 nitrogen and oxygen atoms in total. The van der Waals surface area contributed by atoms with Crippen LogP contribution in [-0.4, -0.2) is 83.3 Å². The second kappa shape index (κ2) is 6.92. The van der Waals surface area contributed by atoms with Crippen molar-refractivity contribution in [3.8, 4) is 0 Å². The predicted octanol–water partition coefficient (Wildman–Crippen LogP) is -0.781. The highest BCUT2D eigenvalue weighted by Gasteiger charge is 2.53. The first kappa shape index (κ1) is 19.8. The van der Waals surface area contributed by atoms with E-state index in [9.17, 15) is 18.0 Å². The first-order valence-corrected chi connectivity index (χ1v) is 9.31. The Balaban J connectivity index is 1.98. The normalized spacial score (nSPS) is 21.6. The fourth-order valence-electron chi connectivity index (χ4n) is 3.12. The molecule has 1 fully saturated rings. The fourth-order valence-corrected chi connectivity index (χ4v) is 3.49. The molecule has 3 amide bonds. The summed E-state index contributed by atoms with van der Waals surface area (Å²) in [6, 6.07) is -2.48. The van der Waals surface area contributed by atoms with E-state index in [2.05, 4.69) is 19.9 Å². The summed E-state index contributed by atoms with van der Waals surface area (Å²) in [5.74, 6) is 0.112. The summed E-state index contributed by atoms with van der Waals surface area (Å²) in [5, 5.41) is 4.71. The molecule has 0 aromatic carbocycles. The number of hydrogen-bond donors (Lipinski definition) is 2. The molecule has 0 aliphatic carbocycles. The number of amidine groups is 1. The molecule has 1 aromatic heterocycles. The second-order valence-electron chi connectivity index (χ2n) is 6.26. The van der Waals surface area contributed by atoms with Crippen LogP contribution in [0, 0.1) is 0 Å². The van der Waals surface area contributed by atoms with Crippen molar-refractivity contribution in [2.24, 2.45) is 12.0 Å². The van der Waals surface area contributed by atoms with Crippen molar-refractivity contribution in [2.75, 3.05) is 27.7 Å². The maximum Gasteiger partial charge on any atom is 0.433 e. The molecule has 154 valence electrons. The summed E-state index contributed by atoms with van der Waals surface area (Å²) in [5.41, 5.74) is 3.46. The molecule has 0 radical (unpaired) electrons. The Morgan fingerprint density at radius 1 is 1.46 bits per heavy atom. The summed E-state index contributed by atoms with van der Waals surface area (Å²) in [6.45, 7) is 0.0417. The first-order chi connectivity index (χ1) is 13.0. The van der Waals surface area contributed by atoms with E-state index in [1.54, 1.807) is 7.05 Å². The van der Waals surface area contributed by atoms with E-state index >= 15 is 0 Å². The fraction of sp³-hybridized carbons (Fsp3) is 0.538. The number of aryl methyl sites for hydroxylation is 1. The third-order valence-corrected chi connectivity index (χ3v) is 4.66. The Bertz CT molecular complexity index is 941. The molecule has 2 atom stereocenters. The molecule has 1 aromatic rings. The number of nitrogens with one attached hydrogen (secondary N) is 1. The molecule has 15 heteroatoms. The molecular weight excluding hydrogens is 398 g/mol. The second-order valence-corrected chi connectivity index (χ2v) is 7.27. The van der Waals surface area contributed by atoms with Crippen molar-refractivity contribution >= 4 is 28.4 Å². The zero-order chi connectivity index (χ0) is 20.8. The van der Waals surface area contributed by atoms with Gasteiger partial charge in [-0.2, -0.15) is 18.6 Å². The first-order valence-electron chi connectivity index (χ1n) is 7.94. The molecule has 0 spiro atoms. The van der Waals surface area contributed by atoms with Gasteiger partial charge < -0.3 is 14.6 Å². The standard InChI is InChI=1S/C13H19N7O7S/c1-14-11(16-26-13(22)17(2)3)10-9-7(5-15-18(9)4)8-6-19(10)12(21)20(8)27-28(23,24)25/h5,8,10H,6H2,1-4H3,(H,14,16)(H,23,24,25)/t8-,10-/m0/s1. The van der Waals surface area contributed by atoms with E-state index in [1.165, 1.54) is 41.8 Å². The quantitative estimate of drug-likeness (QED) is 0.278. The average molecular weight is 417 g/mol. The smallest absolute Gasteiger partial charge is 0.323 e. The van der Waals surface area contributed by atoms with Crippen LogP contribution in [0.2, 0.25) is 0 Å². The lowest BCUT2D eigenvalue weighted by Crippen LogP contribution is -2.45. The van der Waals surface area contributed by atoms with E-state index in [0.29, 0.717) is 16.3 Å². The summed E-state index contributed by atoms with van der Waals surface area (Å²) in [7, 11) is 1.13. The minimum atomic E-state index is -4.92. The minimum absolute atomic E-state index is 0.0417. The Hall–Kier alpha value is -2.91. The maximum absolute atomic E-state index is 12.7. The molecule has 3 rings (SSSR count). The zero-order valence-electron chi connectivity index (χ0n) is 15.4. The Morgan fingerprint density at radius 3 is 2.71 bits per heavy atom. The van der Waals surface area contributed by atoms with Gasteiger partial charge in [-0.15, -0.1) is 4.28 Å². The van der Waals surface area contributed by atoms with Crippen LogP contribution in [0.5, 0.6) is 0 Å². The van der Waals surface area contributed by atoms with Gasteiger partial charge in [0, 0.05) is 33.8 Å². The average Bonchev–Trinajstić information content (AvgIpc) is 3.11. The van der Waals surface area contributed by atoms with Crippen molar-refractivity contribution in [1.82, 2.24) is 30.1 Å². The number of amides is 3. The third-order valence-electron chi connectivity index (χ3n) is 4.31. The zero-order valence-corrected chi connectivity index (χ0v) is 16.2. The Morgan fingerprint density at radius 2 is 2.14 bits per heavy atom. The molecule has 28 heavy (non-hydrogen) atoms. The highest BCUT2D eigenvalue weighted by molar-refractivity contribution is 7.80. The molecule has 0 saturated carbocycles. The van der Waals surface area contributed by atoms with Gasteiger partial charge in [0.2, 0.25) is 0 Å². The molecule has 1 saturated heterocycles. The predicted molar refractivity (Wildman–Crippen MR) is 91.9 cm³/mol. The highest BCUT2D eigenvalue weighted by atomic mass is 32.3. The van der Waals surface area contributed by atoms with Gasteiger partial charge in [-0.05, 0) is 0 Å². The molecular formula is C13H19N7O7S. The number of carbonyl (C=O) groups excluding carboxylic acids is 2. The number of rotatable bonds is 3. The Kier molecular flexibility index (Phi) is 4.90. The van der Waals surface area contributed by atoms with Crippen molar-refractivity contribution in [3.63, 3.8) is 0 Å². The van der Waals surface area contributed by atoms with Crippen LogP contribution in [0.3, 0.4) is 0 Å². The highest BCUT2D eigenvalue weighted by Crippen LogP contribution is 2.44. The molecule has 3 heterocycles. The SMILES string of the molecule is CN=C(NOC(=O)N(C)C)[C@@H]1c2c(cnn2C)[C@@H]2CN1C(=O)N2OS(=O)(=O)O. The summed E-state index contributed by atoms with van der Waals surface area (Å²) in [6.07, 6.45) is 0.770. The van der Waals surface area contributed by atoms with E-state index in [-0.39, 0.29) is 12.4 Å². The monoisotopic (exact) mass is 417 g/mol. The van der Waals surface area contributed by atoms with Gasteiger partial charge in [0.1, 0.15) is 12.1 Å². The van der Waals surface area contributed by atoms with Gasteiger partial charge in [0.15, 0.2) is 5.84 Å². The van der Waals surface area contributed by atoms with Crippen LogP contribution in [0.25, 0.3) is 0 Å². The third kappa shape index (κ3) is 3.34. The number of hydrogen-bond acceptors (Lipinski definition) is 8. The lowest BCUT2D eigenvalue weighted by atomic mass is 9.97. The number of urea groups is 1. The van der Waals surface area contributed by atoms with Crippen molar-refractivity contribution in [1.29, 1.82) is 0 Å². The van der Waals surface area contributed by atoms with Crippen LogP contribution in [0.1, 0.15) is 23.3 Å². The number of hydroxylamine groups is 3. The number of fused-ring (bicyclic) bond motifs is 4. The molecule has 2 N–H and O–H groups in total. The van der Waals surface area contributed by atoms with Gasteiger partial charge in [-0.1, -0.05) is 0 Å². The molecule has 2 bridgehead atoms.